The topological polar surface area (TPSA) is 84.2 Å². The summed E-state index contributed by atoms with van der Waals surface area (Å²) in [5, 5.41) is 7.09. The molecule has 30 heavy (non-hydrogen) atoms. The molecule has 4 rings (SSSR count). The molecule has 1 aromatic carbocycles. The van der Waals surface area contributed by atoms with E-state index in [-0.39, 0.29) is 28.8 Å². The standard InChI is InChI=1S/C21H21ClFN5O2/c1-13(20(29)25-17-8-3-9-24-18(17)22)28-10-4-6-15(12-28)21-26-19(27-30-21)14-5-2-7-16(23)11-14/h2-3,5,7-9,11,13,15H,4,6,10,12H2,1H3,(H,25,29). The molecule has 156 valence electrons. The number of likely N-dealkylation sites (tertiary alicyclic amines) is 1. The summed E-state index contributed by atoms with van der Waals surface area (Å²) in [4.78, 5) is 23.2. The van der Waals surface area contributed by atoms with Gasteiger partial charge in [0.1, 0.15) is 5.82 Å². The Bertz CT molecular complexity index is 1040. The van der Waals surface area contributed by atoms with Gasteiger partial charge in [-0.25, -0.2) is 9.37 Å². The zero-order valence-corrected chi connectivity index (χ0v) is 17.1. The Hall–Kier alpha value is -2.84. The minimum Gasteiger partial charge on any atom is -0.339 e. The van der Waals surface area contributed by atoms with Crippen LogP contribution < -0.4 is 5.32 Å². The minimum atomic E-state index is -0.366. The summed E-state index contributed by atoms with van der Waals surface area (Å²) in [6, 6.07) is 9.15. The van der Waals surface area contributed by atoms with Gasteiger partial charge in [0.2, 0.25) is 17.6 Å². The number of carbonyl (C=O) groups excluding carboxylic acids is 1. The van der Waals surface area contributed by atoms with Gasteiger partial charge < -0.3 is 9.84 Å². The third-order valence-electron chi connectivity index (χ3n) is 5.27. The lowest BCUT2D eigenvalue weighted by Crippen LogP contribution is -2.46. The Morgan fingerprint density at radius 1 is 1.37 bits per heavy atom. The van der Waals surface area contributed by atoms with E-state index in [1.165, 1.54) is 12.1 Å². The largest absolute Gasteiger partial charge is 0.339 e. The van der Waals surface area contributed by atoms with Crippen LogP contribution in [-0.2, 0) is 4.79 Å². The number of carbonyl (C=O) groups is 1. The maximum Gasteiger partial charge on any atom is 0.241 e. The Morgan fingerprint density at radius 3 is 3.03 bits per heavy atom. The number of amides is 1. The van der Waals surface area contributed by atoms with Gasteiger partial charge in [-0.3, -0.25) is 9.69 Å². The number of aromatic nitrogens is 3. The van der Waals surface area contributed by atoms with Gasteiger partial charge in [-0.05, 0) is 50.6 Å². The summed E-state index contributed by atoms with van der Waals surface area (Å²) in [5.74, 6) is 0.360. The SMILES string of the molecule is CC(C(=O)Nc1cccnc1Cl)N1CCCC(c2nc(-c3cccc(F)c3)no2)C1. The third-order valence-corrected chi connectivity index (χ3v) is 5.57. The van der Waals surface area contributed by atoms with E-state index in [1.807, 2.05) is 6.92 Å². The fourth-order valence-electron chi connectivity index (χ4n) is 3.59. The van der Waals surface area contributed by atoms with Crippen LogP contribution in [0.4, 0.5) is 10.1 Å². The van der Waals surface area contributed by atoms with Gasteiger partial charge in [0.25, 0.3) is 0 Å². The molecule has 1 saturated heterocycles. The number of nitrogens with zero attached hydrogens (tertiary/aromatic N) is 4. The van der Waals surface area contributed by atoms with Crippen LogP contribution in [0.1, 0.15) is 31.6 Å². The van der Waals surface area contributed by atoms with Crippen molar-refractivity contribution in [2.45, 2.75) is 31.7 Å². The molecule has 2 aromatic heterocycles. The van der Waals surface area contributed by atoms with E-state index in [0.29, 0.717) is 29.5 Å². The lowest BCUT2D eigenvalue weighted by Gasteiger charge is -2.34. The van der Waals surface area contributed by atoms with Crippen LogP contribution in [0.2, 0.25) is 5.15 Å². The molecule has 2 unspecified atom stereocenters. The molecule has 0 bridgehead atoms. The fraction of sp³-hybridized carbons (Fsp3) is 0.333. The van der Waals surface area contributed by atoms with Crippen molar-refractivity contribution in [1.82, 2.24) is 20.0 Å². The first-order valence-corrected chi connectivity index (χ1v) is 10.1. The smallest absolute Gasteiger partial charge is 0.241 e. The molecule has 1 fully saturated rings. The zero-order valence-electron chi connectivity index (χ0n) is 16.4. The summed E-state index contributed by atoms with van der Waals surface area (Å²) < 4.78 is 18.9. The quantitative estimate of drug-likeness (QED) is 0.614. The van der Waals surface area contributed by atoms with E-state index in [1.54, 1.807) is 30.5 Å². The van der Waals surface area contributed by atoms with E-state index < -0.39 is 0 Å². The number of anilines is 1. The first-order valence-electron chi connectivity index (χ1n) is 9.76. The molecule has 0 spiro atoms. The lowest BCUT2D eigenvalue weighted by atomic mass is 9.96. The molecule has 1 aliphatic rings. The second kappa shape index (κ2) is 8.89. The molecule has 3 aromatic rings. The number of rotatable bonds is 5. The molecule has 7 nitrogen and oxygen atoms in total. The maximum absolute atomic E-state index is 13.5. The molecule has 1 aliphatic heterocycles. The second-order valence-electron chi connectivity index (χ2n) is 7.31. The number of piperidine rings is 1. The van der Waals surface area contributed by atoms with Crippen LogP contribution >= 0.6 is 11.6 Å². The van der Waals surface area contributed by atoms with Crippen molar-refractivity contribution in [2.75, 3.05) is 18.4 Å². The number of nitrogens with one attached hydrogen (secondary N) is 1. The first-order chi connectivity index (χ1) is 14.5. The highest BCUT2D eigenvalue weighted by Crippen LogP contribution is 2.29. The van der Waals surface area contributed by atoms with E-state index in [0.717, 1.165) is 19.4 Å². The Kier molecular flexibility index (Phi) is 6.06. The number of hydrogen-bond donors (Lipinski definition) is 1. The lowest BCUT2D eigenvalue weighted by molar-refractivity contribution is -0.121. The van der Waals surface area contributed by atoms with E-state index in [9.17, 15) is 9.18 Å². The second-order valence-corrected chi connectivity index (χ2v) is 7.67. The van der Waals surface area contributed by atoms with Crippen LogP contribution in [0.3, 0.4) is 0 Å². The van der Waals surface area contributed by atoms with Gasteiger partial charge in [0.05, 0.1) is 17.6 Å². The molecule has 2 atom stereocenters. The number of pyridine rings is 1. The van der Waals surface area contributed by atoms with E-state index in [4.69, 9.17) is 16.1 Å². The molecule has 1 amide bonds. The average Bonchev–Trinajstić information content (AvgIpc) is 3.25. The van der Waals surface area contributed by atoms with Crippen molar-refractivity contribution in [1.29, 1.82) is 0 Å². The van der Waals surface area contributed by atoms with Gasteiger partial charge in [-0.15, -0.1) is 0 Å². The molecular formula is C21H21ClFN5O2. The average molecular weight is 430 g/mol. The van der Waals surface area contributed by atoms with Crippen LogP contribution in [0.15, 0.2) is 47.1 Å². The molecule has 1 N–H and O–H groups in total. The van der Waals surface area contributed by atoms with Crippen LogP contribution in [0.5, 0.6) is 0 Å². The Morgan fingerprint density at radius 2 is 2.23 bits per heavy atom. The maximum atomic E-state index is 13.5. The predicted molar refractivity (Wildman–Crippen MR) is 111 cm³/mol. The number of benzene rings is 1. The molecule has 0 saturated carbocycles. The van der Waals surface area contributed by atoms with Crippen molar-refractivity contribution in [2.24, 2.45) is 0 Å². The molecular weight excluding hydrogens is 409 g/mol. The van der Waals surface area contributed by atoms with Crippen LogP contribution in [0.25, 0.3) is 11.4 Å². The number of hydrogen-bond acceptors (Lipinski definition) is 6. The van der Waals surface area contributed by atoms with Crippen molar-refractivity contribution in [3.63, 3.8) is 0 Å². The summed E-state index contributed by atoms with van der Waals surface area (Å²) in [7, 11) is 0. The first kappa shape index (κ1) is 20.4. The number of halogens is 2. The van der Waals surface area contributed by atoms with Gasteiger partial charge in [-0.2, -0.15) is 4.98 Å². The fourth-order valence-corrected chi connectivity index (χ4v) is 3.75. The summed E-state index contributed by atoms with van der Waals surface area (Å²) in [6.07, 6.45) is 3.34. The van der Waals surface area contributed by atoms with E-state index in [2.05, 4.69) is 25.3 Å². The minimum absolute atomic E-state index is 0.00536. The van der Waals surface area contributed by atoms with Gasteiger partial charge in [0.15, 0.2) is 5.15 Å². The predicted octanol–water partition coefficient (Wildman–Crippen LogP) is 4.13. The Labute approximate surface area is 178 Å². The normalized spacial score (nSPS) is 18.2. The highest BCUT2D eigenvalue weighted by molar-refractivity contribution is 6.32. The summed E-state index contributed by atoms with van der Waals surface area (Å²) >= 11 is 6.03. The van der Waals surface area contributed by atoms with E-state index >= 15 is 0 Å². The van der Waals surface area contributed by atoms with Crippen molar-refractivity contribution in [3.8, 4) is 11.4 Å². The van der Waals surface area contributed by atoms with Crippen LogP contribution in [-0.4, -0.2) is 45.1 Å². The van der Waals surface area contributed by atoms with Crippen LogP contribution in [0, 0.1) is 5.82 Å². The van der Waals surface area contributed by atoms with Crippen molar-refractivity contribution in [3.05, 3.63) is 59.5 Å². The third kappa shape index (κ3) is 4.49. The molecule has 0 aliphatic carbocycles. The molecule has 0 radical (unpaired) electrons. The van der Waals surface area contributed by atoms with Gasteiger partial charge in [-0.1, -0.05) is 28.9 Å². The monoisotopic (exact) mass is 429 g/mol. The summed E-state index contributed by atoms with van der Waals surface area (Å²) in [5.41, 5.74) is 1.06. The molecule has 9 heteroatoms. The highest BCUT2D eigenvalue weighted by atomic mass is 35.5. The molecule has 3 heterocycles. The highest BCUT2D eigenvalue weighted by Gasteiger charge is 2.31. The van der Waals surface area contributed by atoms with Gasteiger partial charge >= 0.3 is 0 Å². The van der Waals surface area contributed by atoms with Crippen molar-refractivity contribution < 1.29 is 13.7 Å². The van der Waals surface area contributed by atoms with Gasteiger partial charge in [0, 0.05) is 18.3 Å². The zero-order chi connectivity index (χ0) is 21.1. The summed E-state index contributed by atoms with van der Waals surface area (Å²) in [6.45, 7) is 3.25. The Balaban J connectivity index is 1.43. The van der Waals surface area contributed by atoms with Crippen molar-refractivity contribution >= 4 is 23.2 Å².